The first-order valence-electron chi connectivity index (χ1n) is 13.0. The highest BCUT2D eigenvalue weighted by molar-refractivity contribution is 8.00. The fourth-order valence-corrected chi connectivity index (χ4v) is 4.46. The van der Waals surface area contributed by atoms with Crippen molar-refractivity contribution in [3.05, 3.63) is 0 Å². The van der Waals surface area contributed by atoms with E-state index in [2.05, 4.69) is 10.6 Å². The Labute approximate surface area is 232 Å². The zero-order valence-electron chi connectivity index (χ0n) is 25.5. The SMILES string of the molecule is CC(C)(C)OC[C@H](NC(=O)[C@@H](NC(=O)OC(C)(C)C)C(C)(C)SC[C@H]1COC(C)(C)O1)C(=O)OC(C)(C)C. The second-order valence-corrected chi connectivity index (χ2v) is 15.1. The molecule has 0 spiro atoms. The number of esters is 1. The molecule has 1 rings (SSSR count). The molecule has 0 bridgehead atoms. The summed E-state index contributed by atoms with van der Waals surface area (Å²) >= 11 is 1.45. The molecule has 0 aromatic carbocycles. The van der Waals surface area contributed by atoms with Gasteiger partial charge in [-0.1, -0.05) is 0 Å². The van der Waals surface area contributed by atoms with Crippen molar-refractivity contribution in [2.45, 2.75) is 136 Å². The Balaban J connectivity index is 3.16. The zero-order chi connectivity index (χ0) is 29.7. The Kier molecular flexibility index (Phi) is 11.6. The molecule has 3 atom stereocenters. The maximum Gasteiger partial charge on any atom is 0.408 e. The van der Waals surface area contributed by atoms with Gasteiger partial charge in [0.15, 0.2) is 11.8 Å². The van der Waals surface area contributed by atoms with Crippen LogP contribution in [0.4, 0.5) is 4.79 Å². The second-order valence-electron chi connectivity index (χ2n) is 13.5. The number of amides is 2. The van der Waals surface area contributed by atoms with Crippen LogP contribution in [0.1, 0.15) is 90.0 Å². The van der Waals surface area contributed by atoms with Crippen molar-refractivity contribution in [3.63, 3.8) is 0 Å². The fraction of sp³-hybridized carbons (Fsp3) is 0.889. The average molecular weight is 563 g/mol. The predicted octanol–water partition coefficient (Wildman–Crippen LogP) is 4.18. The molecule has 0 aromatic rings. The summed E-state index contributed by atoms with van der Waals surface area (Å²) in [5, 5.41) is 5.46. The molecule has 0 unspecified atom stereocenters. The van der Waals surface area contributed by atoms with E-state index >= 15 is 0 Å². The molecule has 1 aliphatic rings. The van der Waals surface area contributed by atoms with E-state index in [0.29, 0.717) is 12.4 Å². The van der Waals surface area contributed by atoms with Crippen LogP contribution in [0.2, 0.25) is 0 Å². The molecule has 0 aromatic heterocycles. The fourth-order valence-electron chi connectivity index (χ4n) is 3.35. The van der Waals surface area contributed by atoms with Crippen LogP contribution in [-0.2, 0) is 33.3 Å². The zero-order valence-corrected chi connectivity index (χ0v) is 26.3. The number of rotatable bonds is 10. The summed E-state index contributed by atoms with van der Waals surface area (Å²) in [4.78, 5) is 39.4. The van der Waals surface area contributed by atoms with Crippen LogP contribution in [-0.4, -0.2) is 82.5 Å². The average Bonchev–Trinajstić information content (AvgIpc) is 3.03. The van der Waals surface area contributed by atoms with Gasteiger partial charge >= 0.3 is 12.1 Å². The van der Waals surface area contributed by atoms with Crippen LogP contribution in [0, 0.1) is 0 Å². The molecule has 222 valence electrons. The number of nitrogens with one attached hydrogen (secondary N) is 2. The van der Waals surface area contributed by atoms with Crippen molar-refractivity contribution in [2.75, 3.05) is 19.0 Å². The van der Waals surface area contributed by atoms with E-state index < -0.39 is 57.4 Å². The molecular formula is C27H50N2O8S. The third-order valence-corrected chi connectivity index (χ3v) is 6.54. The van der Waals surface area contributed by atoms with Crippen LogP contribution >= 0.6 is 11.8 Å². The van der Waals surface area contributed by atoms with E-state index in [9.17, 15) is 14.4 Å². The summed E-state index contributed by atoms with van der Waals surface area (Å²) in [7, 11) is 0. The van der Waals surface area contributed by atoms with Crippen molar-refractivity contribution < 1.29 is 38.1 Å². The number of carbonyl (C=O) groups excluding carboxylic acids is 3. The van der Waals surface area contributed by atoms with Gasteiger partial charge in [0.05, 0.1) is 24.9 Å². The lowest BCUT2D eigenvalue weighted by Crippen LogP contribution is -2.60. The summed E-state index contributed by atoms with van der Waals surface area (Å²) in [6.45, 7) is 23.7. The van der Waals surface area contributed by atoms with Gasteiger partial charge in [0.1, 0.15) is 17.2 Å². The van der Waals surface area contributed by atoms with Crippen molar-refractivity contribution in [1.82, 2.24) is 10.6 Å². The van der Waals surface area contributed by atoms with Crippen LogP contribution in [0.15, 0.2) is 0 Å². The number of hydrogen-bond donors (Lipinski definition) is 2. The summed E-state index contributed by atoms with van der Waals surface area (Å²) in [6, 6.07) is -2.14. The van der Waals surface area contributed by atoms with Crippen molar-refractivity contribution in [2.24, 2.45) is 0 Å². The van der Waals surface area contributed by atoms with Gasteiger partial charge in [-0.2, -0.15) is 11.8 Å². The lowest BCUT2D eigenvalue weighted by Gasteiger charge is -2.35. The molecule has 38 heavy (non-hydrogen) atoms. The van der Waals surface area contributed by atoms with Gasteiger partial charge < -0.3 is 34.3 Å². The smallest absolute Gasteiger partial charge is 0.408 e. The second kappa shape index (κ2) is 12.7. The Morgan fingerprint density at radius 2 is 1.45 bits per heavy atom. The van der Waals surface area contributed by atoms with E-state index in [1.807, 2.05) is 48.5 Å². The number of ether oxygens (including phenoxy) is 5. The van der Waals surface area contributed by atoms with Gasteiger partial charge in [0, 0.05) is 10.5 Å². The lowest BCUT2D eigenvalue weighted by atomic mass is 10.0. The van der Waals surface area contributed by atoms with Gasteiger partial charge in [-0.3, -0.25) is 4.79 Å². The summed E-state index contributed by atoms with van der Waals surface area (Å²) in [5.74, 6) is -1.34. The Bertz CT molecular complexity index is 824. The minimum atomic E-state index is -1.09. The molecule has 0 saturated carbocycles. The summed E-state index contributed by atoms with van der Waals surface area (Å²) in [5.41, 5.74) is -2.07. The third kappa shape index (κ3) is 13.5. The van der Waals surface area contributed by atoms with E-state index in [-0.39, 0.29) is 12.7 Å². The largest absolute Gasteiger partial charge is 0.458 e. The molecule has 1 aliphatic heterocycles. The molecule has 1 saturated heterocycles. The third-order valence-electron chi connectivity index (χ3n) is 5.02. The van der Waals surface area contributed by atoms with Crippen molar-refractivity contribution in [1.29, 1.82) is 0 Å². The van der Waals surface area contributed by atoms with Crippen LogP contribution in [0.25, 0.3) is 0 Å². The van der Waals surface area contributed by atoms with E-state index in [4.69, 9.17) is 23.7 Å². The number of alkyl carbamates (subject to hydrolysis) is 1. The van der Waals surface area contributed by atoms with E-state index in [0.717, 1.165) is 0 Å². The van der Waals surface area contributed by atoms with Crippen LogP contribution < -0.4 is 10.6 Å². The van der Waals surface area contributed by atoms with Crippen molar-refractivity contribution in [3.8, 4) is 0 Å². The highest BCUT2D eigenvalue weighted by Crippen LogP contribution is 2.33. The van der Waals surface area contributed by atoms with Crippen molar-refractivity contribution >= 4 is 29.7 Å². The monoisotopic (exact) mass is 562 g/mol. The Morgan fingerprint density at radius 1 is 0.895 bits per heavy atom. The summed E-state index contributed by atoms with van der Waals surface area (Å²) in [6.07, 6.45) is -0.915. The van der Waals surface area contributed by atoms with E-state index in [1.165, 1.54) is 11.8 Å². The van der Waals surface area contributed by atoms with Gasteiger partial charge in [-0.05, 0) is 90.0 Å². The van der Waals surface area contributed by atoms with Gasteiger partial charge in [-0.15, -0.1) is 0 Å². The number of carbonyl (C=O) groups is 3. The molecule has 1 heterocycles. The van der Waals surface area contributed by atoms with Crippen LogP contribution in [0.5, 0.6) is 0 Å². The standard InChI is InChI=1S/C27H50N2O8S/c1-23(2,3)33-15-18(21(31)36-24(4,5)6)28-20(30)19(29-22(32)37-25(7,8)9)26(10,11)38-16-17-14-34-27(12,13)35-17/h17-19H,14-16H2,1-13H3,(H,28,30)(H,29,32)/t17-,18+,19-/m1/s1. The highest BCUT2D eigenvalue weighted by atomic mass is 32.2. The van der Waals surface area contributed by atoms with E-state index in [1.54, 1.807) is 41.5 Å². The maximum atomic E-state index is 13.7. The molecule has 10 nitrogen and oxygen atoms in total. The first kappa shape index (κ1) is 34.5. The normalized spacial score (nSPS) is 19.9. The minimum Gasteiger partial charge on any atom is -0.458 e. The number of thioether (sulfide) groups is 1. The quantitative estimate of drug-likeness (QED) is 0.378. The van der Waals surface area contributed by atoms with Gasteiger partial charge in [0.25, 0.3) is 0 Å². The number of hydrogen-bond acceptors (Lipinski definition) is 9. The van der Waals surface area contributed by atoms with Crippen LogP contribution in [0.3, 0.4) is 0 Å². The first-order chi connectivity index (χ1) is 16.9. The Morgan fingerprint density at radius 3 is 1.89 bits per heavy atom. The highest BCUT2D eigenvalue weighted by Gasteiger charge is 2.42. The first-order valence-corrected chi connectivity index (χ1v) is 14.0. The molecule has 2 N–H and O–H groups in total. The molecule has 2 amide bonds. The minimum absolute atomic E-state index is 0.0980. The topological polar surface area (TPSA) is 121 Å². The molecule has 0 radical (unpaired) electrons. The Hall–Kier alpha value is -1.56. The molecule has 11 heteroatoms. The van der Waals surface area contributed by atoms with Gasteiger partial charge in [-0.25, -0.2) is 9.59 Å². The molecule has 1 fully saturated rings. The molecular weight excluding hydrogens is 512 g/mol. The maximum absolute atomic E-state index is 13.7. The lowest BCUT2D eigenvalue weighted by molar-refractivity contribution is -0.162. The molecule has 0 aliphatic carbocycles. The summed E-state index contributed by atoms with van der Waals surface area (Å²) < 4.78 is 27.5. The van der Waals surface area contributed by atoms with Gasteiger partial charge in [0.2, 0.25) is 5.91 Å². The predicted molar refractivity (Wildman–Crippen MR) is 148 cm³/mol.